The first-order valence-electron chi connectivity index (χ1n) is 18.1. The average Bonchev–Trinajstić information content (AvgIpc) is 3.92. The van der Waals surface area contributed by atoms with Gasteiger partial charge in [-0.2, -0.15) is 8.78 Å². The summed E-state index contributed by atoms with van der Waals surface area (Å²) in [5.74, 6) is -1.24. The van der Waals surface area contributed by atoms with Gasteiger partial charge in [-0.15, -0.1) is 0 Å². The van der Waals surface area contributed by atoms with Gasteiger partial charge in [-0.1, -0.05) is 35.9 Å². The van der Waals surface area contributed by atoms with Crippen molar-refractivity contribution in [3.8, 4) is 28.3 Å². The van der Waals surface area contributed by atoms with Crippen molar-refractivity contribution >= 4 is 34.3 Å². The maximum Gasteiger partial charge on any atom is 0.387 e. The van der Waals surface area contributed by atoms with Crippen LogP contribution in [0.25, 0.3) is 33.7 Å². The molecule has 0 saturated heterocycles. The first kappa shape index (κ1) is 36.5. The number of aliphatic hydroxyl groups excluding tert-OH is 1. The monoisotopic (exact) mass is 763 g/mol. The quantitative estimate of drug-likeness (QED) is 0.130. The summed E-state index contributed by atoms with van der Waals surface area (Å²) in [7, 11) is 3.66. The SMILES string of the molecule is COCC12CCC(CCN3CCc4c(nc(C(=O)Nc5cccc(-c6cccc(-c7nc8cc(CO)c(OC(F)F)cc8o7)c6F)c5Cl)n4C)C3)(CC1)C2. The minimum absolute atomic E-state index is 0.00551. The molecule has 3 aromatic carbocycles. The molecule has 5 aromatic rings. The van der Waals surface area contributed by atoms with E-state index in [9.17, 15) is 18.7 Å². The number of hydrogen-bond acceptors (Lipinski definition) is 8. The molecule has 54 heavy (non-hydrogen) atoms. The number of rotatable bonds is 12. The number of halogens is 4. The lowest BCUT2D eigenvalue weighted by molar-refractivity contribution is -0.0508. The Kier molecular flexibility index (Phi) is 9.70. The highest BCUT2D eigenvalue weighted by atomic mass is 35.5. The molecule has 284 valence electrons. The molecule has 2 saturated carbocycles. The molecule has 0 spiro atoms. The fourth-order valence-corrected chi connectivity index (χ4v) is 9.31. The van der Waals surface area contributed by atoms with E-state index in [4.69, 9.17) is 25.7 Å². The fraction of sp³-hybridized carbons (Fsp3) is 0.425. The summed E-state index contributed by atoms with van der Waals surface area (Å²) >= 11 is 6.84. The van der Waals surface area contributed by atoms with E-state index >= 15 is 4.39 Å². The number of imidazole rings is 1. The van der Waals surface area contributed by atoms with Gasteiger partial charge < -0.3 is 28.9 Å². The standard InChI is InChI=1S/C40H41ClF3N5O5/c1-48-30-9-15-49(16-14-39-10-12-40(21-39,13-11-39)22-52-2)19-29(30)45-35(48)36(51)46-27-8-4-5-24(33(27)41)25-6-3-7-26(34(25)42)37-47-28-17-23(20-50)31(54-38(43)44)18-32(28)53-37/h3-8,17-18,38,50H,9-16,19-22H2,1-2H3,(H,46,51). The van der Waals surface area contributed by atoms with Crippen molar-refractivity contribution in [2.24, 2.45) is 17.9 Å². The molecule has 0 atom stereocenters. The Hall–Kier alpha value is -4.43. The van der Waals surface area contributed by atoms with Gasteiger partial charge in [0.2, 0.25) is 5.89 Å². The average molecular weight is 764 g/mol. The highest BCUT2D eigenvalue weighted by Crippen LogP contribution is 2.63. The van der Waals surface area contributed by atoms with Crippen molar-refractivity contribution in [2.75, 3.05) is 32.1 Å². The Labute approximate surface area is 315 Å². The van der Waals surface area contributed by atoms with Gasteiger partial charge in [0.25, 0.3) is 5.91 Å². The van der Waals surface area contributed by atoms with Crippen molar-refractivity contribution in [2.45, 2.75) is 64.7 Å². The summed E-state index contributed by atoms with van der Waals surface area (Å²) in [5.41, 5.74) is 3.83. The Bertz CT molecular complexity index is 2230. The summed E-state index contributed by atoms with van der Waals surface area (Å²) in [6, 6.07) is 12.1. The second-order valence-corrected chi connectivity index (χ2v) is 15.4. The summed E-state index contributed by atoms with van der Waals surface area (Å²) in [6.07, 6.45) is 8.31. The van der Waals surface area contributed by atoms with E-state index in [0.29, 0.717) is 22.9 Å². The lowest BCUT2D eigenvalue weighted by Crippen LogP contribution is -2.34. The normalized spacial score (nSPS) is 21.0. The molecular weight excluding hydrogens is 723 g/mol. The van der Waals surface area contributed by atoms with Gasteiger partial charge in [-0.3, -0.25) is 9.69 Å². The van der Waals surface area contributed by atoms with E-state index in [1.54, 1.807) is 30.3 Å². The molecule has 1 aliphatic heterocycles. The molecule has 8 rings (SSSR count). The van der Waals surface area contributed by atoms with E-state index in [2.05, 4.69) is 19.9 Å². The number of nitrogens with one attached hydrogen (secondary N) is 1. The van der Waals surface area contributed by atoms with Crippen LogP contribution in [-0.4, -0.2) is 63.9 Å². The van der Waals surface area contributed by atoms with Gasteiger partial charge >= 0.3 is 6.61 Å². The first-order chi connectivity index (χ1) is 26.0. The lowest BCUT2D eigenvalue weighted by atomic mass is 9.80. The van der Waals surface area contributed by atoms with Crippen LogP contribution in [0.2, 0.25) is 5.02 Å². The van der Waals surface area contributed by atoms with Crippen LogP contribution in [0.4, 0.5) is 18.9 Å². The molecule has 2 fully saturated rings. The van der Waals surface area contributed by atoms with Gasteiger partial charge in [0.1, 0.15) is 17.1 Å². The second kappa shape index (κ2) is 14.3. The molecule has 14 heteroatoms. The number of ether oxygens (including phenoxy) is 2. The largest absolute Gasteiger partial charge is 0.436 e. The molecule has 3 heterocycles. The number of fused-ring (bicyclic) bond motifs is 4. The molecule has 2 aliphatic carbocycles. The zero-order valence-corrected chi connectivity index (χ0v) is 30.8. The molecule has 2 bridgehead atoms. The predicted octanol–water partition coefficient (Wildman–Crippen LogP) is 8.38. The van der Waals surface area contributed by atoms with Crippen LogP contribution in [-0.2, 0) is 31.4 Å². The molecule has 0 unspecified atom stereocenters. The number of amides is 1. The lowest BCUT2D eigenvalue weighted by Gasteiger charge is -2.32. The minimum atomic E-state index is -3.11. The Morgan fingerprint density at radius 3 is 2.57 bits per heavy atom. The second-order valence-electron chi connectivity index (χ2n) is 15.0. The third-order valence-electron chi connectivity index (χ3n) is 11.8. The number of aromatic nitrogens is 3. The molecule has 10 nitrogen and oxygen atoms in total. The smallest absolute Gasteiger partial charge is 0.387 e. The van der Waals surface area contributed by atoms with Crippen molar-refractivity contribution in [1.82, 2.24) is 19.4 Å². The van der Waals surface area contributed by atoms with Gasteiger partial charge in [-0.25, -0.2) is 14.4 Å². The molecule has 1 amide bonds. The topological polar surface area (TPSA) is 115 Å². The van der Waals surface area contributed by atoms with Crippen LogP contribution >= 0.6 is 11.6 Å². The summed E-state index contributed by atoms with van der Waals surface area (Å²) < 4.78 is 59.8. The van der Waals surface area contributed by atoms with Gasteiger partial charge in [0.05, 0.1) is 35.2 Å². The minimum Gasteiger partial charge on any atom is -0.436 e. The zero-order chi connectivity index (χ0) is 37.8. The van der Waals surface area contributed by atoms with E-state index in [1.165, 1.54) is 56.7 Å². The highest BCUT2D eigenvalue weighted by molar-refractivity contribution is 6.36. The Morgan fingerprint density at radius 2 is 1.81 bits per heavy atom. The van der Waals surface area contributed by atoms with E-state index < -0.39 is 24.9 Å². The van der Waals surface area contributed by atoms with Crippen molar-refractivity contribution in [3.05, 3.63) is 82.1 Å². The third kappa shape index (κ3) is 6.65. The number of anilines is 1. The molecule has 0 radical (unpaired) electrons. The highest BCUT2D eigenvalue weighted by Gasteiger charge is 2.53. The van der Waals surface area contributed by atoms with Crippen LogP contribution in [0, 0.1) is 16.6 Å². The van der Waals surface area contributed by atoms with Crippen LogP contribution in [0.15, 0.2) is 52.9 Å². The number of alkyl halides is 2. The van der Waals surface area contributed by atoms with Crippen LogP contribution < -0.4 is 10.1 Å². The van der Waals surface area contributed by atoms with Crippen molar-refractivity contribution < 1.29 is 37.0 Å². The predicted molar refractivity (Wildman–Crippen MR) is 197 cm³/mol. The number of oxazole rings is 1. The van der Waals surface area contributed by atoms with E-state index in [0.717, 1.165) is 37.5 Å². The number of carbonyl (C=O) groups is 1. The van der Waals surface area contributed by atoms with E-state index in [-0.39, 0.29) is 56.0 Å². The maximum atomic E-state index is 16.2. The van der Waals surface area contributed by atoms with Crippen molar-refractivity contribution in [3.63, 3.8) is 0 Å². The number of nitrogens with zero attached hydrogens (tertiary/aromatic N) is 4. The van der Waals surface area contributed by atoms with Crippen LogP contribution in [0.1, 0.15) is 66.1 Å². The number of hydrogen-bond donors (Lipinski definition) is 2. The maximum absolute atomic E-state index is 16.2. The molecule has 3 aliphatic rings. The van der Waals surface area contributed by atoms with Crippen LogP contribution in [0.3, 0.4) is 0 Å². The van der Waals surface area contributed by atoms with E-state index in [1.807, 2.05) is 18.7 Å². The summed E-state index contributed by atoms with van der Waals surface area (Å²) in [4.78, 5) is 25.3. The summed E-state index contributed by atoms with van der Waals surface area (Å²) in [5, 5.41) is 12.7. The first-order valence-corrected chi connectivity index (χ1v) is 18.5. The third-order valence-corrected chi connectivity index (χ3v) is 12.2. The van der Waals surface area contributed by atoms with Gasteiger partial charge in [0, 0.05) is 62.1 Å². The molecule has 2 aromatic heterocycles. The van der Waals surface area contributed by atoms with Crippen molar-refractivity contribution in [1.29, 1.82) is 0 Å². The Balaban J connectivity index is 0.982. The summed E-state index contributed by atoms with van der Waals surface area (Å²) in [6.45, 7) is -0.219. The number of carbonyl (C=O) groups excluding carboxylic acids is 1. The number of aliphatic hydroxyl groups is 1. The van der Waals surface area contributed by atoms with Crippen LogP contribution in [0.5, 0.6) is 5.75 Å². The van der Waals surface area contributed by atoms with Gasteiger partial charge in [-0.05, 0) is 74.1 Å². The number of methoxy groups -OCH3 is 1. The molecule has 2 N–H and O–H groups in total. The fourth-order valence-electron chi connectivity index (χ4n) is 9.03. The Morgan fingerprint density at radius 1 is 1.07 bits per heavy atom. The van der Waals surface area contributed by atoms with Gasteiger partial charge in [0.15, 0.2) is 11.4 Å². The molecular formula is C40H41ClF3N5O5. The number of benzene rings is 3. The zero-order valence-electron chi connectivity index (χ0n) is 30.1.